The van der Waals surface area contributed by atoms with E-state index in [0.717, 1.165) is 16.8 Å². The number of halogens is 1. The lowest BCUT2D eigenvalue weighted by molar-refractivity contribution is 0.386. The number of aromatic nitrogens is 2. The minimum atomic E-state index is -3.59. The van der Waals surface area contributed by atoms with Gasteiger partial charge in [-0.1, -0.05) is 11.6 Å². The van der Waals surface area contributed by atoms with Crippen molar-refractivity contribution >= 4 is 21.6 Å². The van der Waals surface area contributed by atoms with Gasteiger partial charge < -0.3 is 4.74 Å². The zero-order valence-corrected chi connectivity index (χ0v) is 16.7. The highest BCUT2D eigenvalue weighted by Gasteiger charge is 2.29. The van der Waals surface area contributed by atoms with E-state index in [9.17, 15) is 8.42 Å². The van der Waals surface area contributed by atoms with Gasteiger partial charge in [0.1, 0.15) is 5.75 Å². The predicted molar refractivity (Wildman–Crippen MR) is 107 cm³/mol. The molecule has 28 heavy (non-hydrogen) atoms. The third-order valence-corrected chi connectivity index (χ3v) is 6.81. The van der Waals surface area contributed by atoms with Gasteiger partial charge in [0.15, 0.2) is 5.82 Å². The Bertz CT molecular complexity index is 1100. The number of sulfonamides is 1. The standard InChI is InChI=1S/C20H18ClN3O3S/c1-27-17-6-8-18(9-7-17)28(25,26)24-11-10-19-15(13-24)12-22-20(23-19)14-2-4-16(21)5-3-14/h2-9,12H,10-11,13H2,1H3. The molecule has 0 unspecified atom stereocenters. The highest BCUT2D eigenvalue weighted by molar-refractivity contribution is 7.89. The minimum Gasteiger partial charge on any atom is -0.497 e. The summed E-state index contributed by atoms with van der Waals surface area (Å²) in [6, 6.07) is 13.7. The van der Waals surface area contributed by atoms with Gasteiger partial charge in [-0.3, -0.25) is 0 Å². The Hall–Kier alpha value is -2.48. The smallest absolute Gasteiger partial charge is 0.243 e. The SMILES string of the molecule is COc1ccc(S(=O)(=O)N2CCc3nc(-c4ccc(Cl)cc4)ncc3C2)cc1. The van der Waals surface area contributed by atoms with Crippen molar-refractivity contribution in [3.8, 4) is 17.1 Å². The van der Waals surface area contributed by atoms with Crippen molar-refractivity contribution in [2.75, 3.05) is 13.7 Å². The van der Waals surface area contributed by atoms with Gasteiger partial charge in [-0.05, 0) is 48.5 Å². The van der Waals surface area contributed by atoms with Crippen LogP contribution in [0.25, 0.3) is 11.4 Å². The maximum atomic E-state index is 12.9. The van der Waals surface area contributed by atoms with Crippen LogP contribution in [0.15, 0.2) is 59.6 Å². The van der Waals surface area contributed by atoms with Crippen LogP contribution in [0, 0.1) is 0 Å². The minimum absolute atomic E-state index is 0.246. The Labute approximate surface area is 168 Å². The Morgan fingerprint density at radius 3 is 2.46 bits per heavy atom. The number of ether oxygens (including phenoxy) is 1. The lowest BCUT2D eigenvalue weighted by Gasteiger charge is -2.27. The fourth-order valence-electron chi connectivity index (χ4n) is 3.13. The Morgan fingerprint density at radius 1 is 1.07 bits per heavy atom. The number of nitrogens with zero attached hydrogens (tertiary/aromatic N) is 3. The number of rotatable bonds is 4. The highest BCUT2D eigenvalue weighted by Crippen LogP contribution is 2.26. The number of fused-ring (bicyclic) bond motifs is 1. The predicted octanol–water partition coefficient (Wildman–Crippen LogP) is 3.55. The van der Waals surface area contributed by atoms with Crippen molar-refractivity contribution in [2.24, 2.45) is 0 Å². The van der Waals surface area contributed by atoms with Crippen molar-refractivity contribution in [2.45, 2.75) is 17.9 Å². The fourth-order valence-corrected chi connectivity index (χ4v) is 4.68. The monoisotopic (exact) mass is 415 g/mol. The summed E-state index contributed by atoms with van der Waals surface area (Å²) in [6.45, 7) is 0.628. The second kappa shape index (κ2) is 7.50. The summed E-state index contributed by atoms with van der Waals surface area (Å²) >= 11 is 5.93. The molecule has 1 aromatic heterocycles. The van der Waals surface area contributed by atoms with Crippen LogP contribution in [-0.2, 0) is 23.0 Å². The molecule has 2 aromatic carbocycles. The molecular weight excluding hydrogens is 398 g/mol. The number of hydrogen-bond donors (Lipinski definition) is 0. The zero-order chi connectivity index (χ0) is 19.7. The number of methoxy groups -OCH3 is 1. The normalized spacial score (nSPS) is 14.5. The first-order chi connectivity index (χ1) is 13.5. The van der Waals surface area contributed by atoms with Crippen molar-refractivity contribution in [3.05, 3.63) is 71.0 Å². The molecule has 3 aromatic rings. The first-order valence-electron chi connectivity index (χ1n) is 8.72. The van der Waals surface area contributed by atoms with E-state index >= 15 is 0 Å². The van der Waals surface area contributed by atoms with Gasteiger partial charge in [0.25, 0.3) is 0 Å². The zero-order valence-electron chi connectivity index (χ0n) is 15.2. The van der Waals surface area contributed by atoms with Gasteiger partial charge in [-0.25, -0.2) is 18.4 Å². The van der Waals surface area contributed by atoms with E-state index in [4.69, 9.17) is 16.3 Å². The van der Waals surface area contributed by atoms with Crippen LogP contribution >= 0.6 is 11.6 Å². The highest BCUT2D eigenvalue weighted by atomic mass is 35.5. The third kappa shape index (κ3) is 3.61. The van der Waals surface area contributed by atoms with Crippen molar-refractivity contribution in [3.63, 3.8) is 0 Å². The molecule has 6 nitrogen and oxygen atoms in total. The lowest BCUT2D eigenvalue weighted by atomic mass is 10.1. The molecule has 144 valence electrons. The first kappa shape index (κ1) is 18.9. The van der Waals surface area contributed by atoms with Gasteiger partial charge in [0.2, 0.25) is 10.0 Å². The largest absolute Gasteiger partial charge is 0.497 e. The molecule has 0 aliphatic carbocycles. The van der Waals surface area contributed by atoms with Crippen LogP contribution in [0.3, 0.4) is 0 Å². The van der Waals surface area contributed by atoms with E-state index in [2.05, 4.69) is 9.97 Å². The molecule has 0 saturated heterocycles. The fraction of sp³-hybridized carbons (Fsp3) is 0.200. The molecule has 1 aliphatic heterocycles. The molecule has 0 saturated carbocycles. The topological polar surface area (TPSA) is 72.4 Å². The number of hydrogen-bond acceptors (Lipinski definition) is 5. The maximum absolute atomic E-state index is 12.9. The molecule has 1 aliphatic rings. The van der Waals surface area contributed by atoms with Gasteiger partial charge >= 0.3 is 0 Å². The van der Waals surface area contributed by atoms with Crippen LogP contribution in [0.5, 0.6) is 5.75 Å². The first-order valence-corrected chi connectivity index (χ1v) is 10.5. The quantitative estimate of drug-likeness (QED) is 0.651. The summed E-state index contributed by atoms with van der Waals surface area (Å²) in [5, 5.41) is 0.654. The molecule has 0 N–H and O–H groups in total. The Balaban J connectivity index is 1.58. The van der Waals surface area contributed by atoms with Crippen molar-refractivity contribution in [1.29, 1.82) is 0 Å². The average Bonchev–Trinajstić information content (AvgIpc) is 2.73. The van der Waals surface area contributed by atoms with Gasteiger partial charge in [0, 0.05) is 41.9 Å². The lowest BCUT2D eigenvalue weighted by Crippen LogP contribution is -2.36. The molecule has 0 spiro atoms. The third-order valence-electron chi connectivity index (χ3n) is 4.70. The van der Waals surface area contributed by atoms with Gasteiger partial charge in [-0.2, -0.15) is 4.31 Å². The van der Waals surface area contributed by atoms with Gasteiger partial charge in [-0.15, -0.1) is 0 Å². The van der Waals surface area contributed by atoms with Crippen LogP contribution in [-0.4, -0.2) is 36.3 Å². The maximum Gasteiger partial charge on any atom is 0.243 e. The van der Waals surface area contributed by atoms with Crippen LogP contribution in [0.2, 0.25) is 5.02 Å². The van der Waals surface area contributed by atoms with E-state index in [1.807, 2.05) is 12.1 Å². The molecule has 2 heterocycles. The van der Waals surface area contributed by atoms with Crippen molar-refractivity contribution < 1.29 is 13.2 Å². The summed E-state index contributed by atoms with van der Waals surface area (Å²) in [5.41, 5.74) is 2.57. The average molecular weight is 416 g/mol. The van der Waals surface area contributed by atoms with Gasteiger partial charge in [0.05, 0.1) is 17.7 Å². The van der Waals surface area contributed by atoms with Crippen molar-refractivity contribution in [1.82, 2.24) is 14.3 Å². The van der Waals surface area contributed by atoms with E-state index in [1.54, 1.807) is 49.7 Å². The molecule has 0 bridgehead atoms. The molecular formula is C20H18ClN3O3S. The van der Waals surface area contributed by atoms with E-state index < -0.39 is 10.0 Å². The van der Waals surface area contributed by atoms with E-state index in [1.165, 1.54) is 4.31 Å². The summed E-state index contributed by atoms with van der Waals surface area (Å²) < 4.78 is 32.5. The van der Waals surface area contributed by atoms with Crippen LogP contribution in [0.1, 0.15) is 11.3 Å². The second-order valence-electron chi connectivity index (χ2n) is 6.44. The Kier molecular flexibility index (Phi) is 5.05. The van der Waals surface area contributed by atoms with E-state index in [0.29, 0.717) is 29.6 Å². The molecule has 8 heteroatoms. The summed E-state index contributed by atoms with van der Waals surface area (Å²) in [6.07, 6.45) is 2.25. The second-order valence-corrected chi connectivity index (χ2v) is 8.81. The van der Waals surface area contributed by atoms with Crippen LogP contribution < -0.4 is 4.74 Å². The molecule has 0 amide bonds. The van der Waals surface area contributed by atoms with Crippen LogP contribution in [0.4, 0.5) is 0 Å². The Morgan fingerprint density at radius 2 is 1.79 bits per heavy atom. The molecule has 0 atom stereocenters. The summed E-state index contributed by atoms with van der Waals surface area (Å²) in [7, 11) is -2.04. The molecule has 0 fully saturated rings. The molecule has 4 rings (SSSR count). The number of benzene rings is 2. The molecule has 0 radical (unpaired) electrons. The summed E-state index contributed by atoms with van der Waals surface area (Å²) in [4.78, 5) is 9.29. The van der Waals surface area contributed by atoms with E-state index in [-0.39, 0.29) is 11.4 Å². The summed E-state index contributed by atoms with van der Waals surface area (Å²) in [5.74, 6) is 1.23.